The molecule has 4 fully saturated rings. The third-order valence-corrected chi connectivity index (χ3v) is 7.54. The zero-order valence-corrected chi connectivity index (χ0v) is 24.8. The fourth-order valence-electron chi connectivity index (χ4n) is 4.65. The predicted octanol–water partition coefficient (Wildman–Crippen LogP) is 0.774. The minimum atomic E-state index is -0.912. The van der Waals surface area contributed by atoms with E-state index in [2.05, 4.69) is 16.0 Å². The standard InChI is InChI=1S/C12H20N2O3.C7H12N2O.C5H12N2O2.2ClH/c1-10(2,3)17-9(16)14-11(4)7-13-8(15)12(11)5-6-12;1-6(8)4-9-5(10)7(6)2-3-7;1-5(7,3-6)2-4(8)9;;/h5-7H2,1-4H3,(H,13,15)(H,14,16);2-4,8H2,1H3,(H,9,10);2-3,6-7H2,1H3,(H,8,9);2*1H. The lowest BCUT2D eigenvalue weighted by Crippen LogP contribution is -2.54. The van der Waals surface area contributed by atoms with Crippen molar-refractivity contribution < 1.29 is 29.0 Å². The normalized spacial score (nSPS) is 28.4. The van der Waals surface area contributed by atoms with E-state index in [0.29, 0.717) is 13.1 Å². The molecule has 2 aliphatic heterocycles. The molecule has 2 saturated heterocycles. The molecule has 2 heterocycles. The SMILES string of the molecule is CC(C)(C)OC(=O)NC1(C)CNC(=O)C12CC2.CC(N)(CN)CC(=O)O.CC1(N)CNC(=O)C12CC2.Cl.Cl. The third kappa shape index (κ3) is 8.08. The van der Waals surface area contributed by atoms with Crippen LogP contribution in [-0.2, 0) is 19.1 Å². The van der Waals surface area contributed by atoms with Gasteiger partial charge in [-0.3, -0.25) is 14.4 Å². The molecule has 0 bridgehead atoms. The van der Waals surface area contributed by atoms with E-state index in [0.717, 1.165) is 25.7 Å². The number of carboxylic acids is 1. The number of carbonyl (C=O) groups is 4. The Morgan fingerprint density at radius 2 is 1.42 bits per heavy atom. The van der Waals surface area contributed by atoms with Crippen molar-refractivity contribution in [3.63, 3.8) is 0 Å². The summed E-state index contributed by atoms with van der Waals surface area (Å²) in [4.78, 5) is 44.7. The van der Waals surface area contributed by atoms with Crippen LogP contribution in [0.5, 0.6) is 0 Å². The van der Waals surface area contributed by atoms with Gasteiger partial charge in [0.25, 0.3) is 0 Å². The number of carboxylic acid groups (broad SMARTS) is 1. The monoisotopic (exact) mass is 584 g/mol. The summed E-state index contributed by atoms with van der Waals surface area (Å²) in [7, 11) is 0. The van der Waals surface area contributed by atoms with Crippen LogP contribution in [0.25, 0.3) is 0 Å². The molecule has 4 aliphatic rings. The number of amides is 3. The molecular weight excluding hydrogens is 539 g/mol. The third-order valence-electron chi connectivity index (χ3n) is 7.54. The quantitative estimate of drug-likeness (QED) is 0.248. The van der Waals surface area contributed by atoms with Crippen molar-refractivity contribution in [3.8, 4) is 0 Å². The Balaban J connectivity index is 0.000000565. The Kier molecular flexibility index (Phi) is 11.5. The lowest BCUT2D eigenvalue weighted by molar-refractivity contribution is -0.138. The van der Waals surface area contributed by atoms with Crippen molar-refractivity contribution in [3.05, 3.63) is 0 Å². The highest BCUT2D eigenvalue weighted by molar-refractivity contribution is 5.91. The van der Waals surface area contributed by atoms with E-state index >= 15 is 0 Å². The highest BCUT2D eigenvalue weighted by atomic mass is 35.5. The summed E-state index contributed by atoms with van der Waals surface area (Å²) in [6, 6.07) is 0. The van der Waals surface area contributed by atoms with Crippen LogP contribution in [0.15, 0.2) is 0 Å². The number of alkyl carbamates (subject to hydrolysis) is 1. The number of rotatable bonds is 4. The summed E-state index contributed by atoms with van der Waals surface area (Å²) in [5, 5.41) is 16.7. The molecule has 38 heavy (non-hydrogen) atoms. The second-order valence-corrected chi connectivity index (χ2v) is 12.3. The van der Waals surface area contributed by atoms with Crippen molar-refractivity contribution in [2.45, 2.75) is 95.9 Å². The summed E-state index contributed by atoms with van der Waals surface area (Å²) in [6.07, 6.45) is 3.10. The number of carbonyl (C=O) groups excluding carboxylic acids is 3. The number of halogens is 2. The number of hydrogen-bond donors (Lipinski definition) is 7. The fraction of sp³-hybridized carbons (Fsp3) is 0.833. The van der Waals surface area contributed by atoms with Gasteiger partial charge >= 0.3 is 12.1 Å². The molecule has 0 radical (unpaired) electrons. The second-order valence-electron chi connectivity index (χ2n) is 12.3. The zero-order chi connectivity index (χ0) is 27.8. The maximum atomic E-state index is 11.8. The van der Waals surface area contributed by atoms with Crippen molar-refractivity contribution >= 4 is 48.7 Å². The number of nitrogens with two attached hydrogens (primary N) is 3. The smallest absolute Gasteiger partial charge is 0.408 e. The van der Waals surface area contributed by atoms with Crippen molar-refractivity contribution in [1.82, 2.24) is 16.0 Å². The van der Waals surface area contributed by atoms with Gasteiger partial charge in [-0.15, -0.1) is 24.8 Å². The van der Waals surface area contributed by atoms with E-state index in [1.807, 2.05) is 34.6 Å². The van der Waals surface area contributed by atoms with Crippen LogP contribution in [0.2, 0.25) is 0 Å². The number of nitrogens with one attached hydrogen (secondary N) is 3. The number of hydrogen-bond acceptors (Lipinski definition) is 8. The molecule has 222 valence electrons. The Hall–Kier alpha value is -1.86. The first-order valence-electron chi connectivity index (χ1n) is 12.3. The van der Waals surface area contributed by atoms with Crippen LogP contribution in [-0.4, -0.2) is 70.8 Å². The first-order chi connectivity index (χ1) is 16.2. The predicted molar refractivity (Wildman–Crippen MR) is 148 cm³/mol. The lowest BCUT2D eigenvalue weighted by atomic mass is 9.85. The van der Waals surface area contributed by atoms with Gasteiger partial charge in [0.2, 0.25) is 11.8 Å². The fourth-order valence-corrected chi connectivity index (χ4v) is 4.65. The van der Waals surface area contributed by atoms with E-state index in [-0.39, 0.29) is 60.5 Å². The average Bonchev–Trinajstić information content (AvgIpc) is 3.60. The molecule has 12 nitrogen and oxygen atoms in total. The van der Waals surface area contributed by atoms with E-state index < -0.39 is 34.2 Å². The molecule has 0 aromatic rings. The van der Waals surface area contributed by atoms with E-state index in [1.54, 1.807) is 6.92 Å². The first-order valence-corrected chi connectivity index (χ1v) is 12.3. The Labute approximate surface area is 237 Å². The molecule has 2 aliphatic carbocycles. The molecule has 0 aromatic heterocycles. The lowest BCUT2D eigenvalue weighted by Gasteiger charge is -2.31. The number of aliphatic carboxylic acids is 1. The van der Waals surface area contributed by atoms with Gasteiger partial charge in [0.15, 0.2) is 0 Å². The highest BCUT2D eigenvalue weighted by Gasteiger charge is 2.66. The van der Waals surface area contributed by atoms with Crippen molar-refractivity contribution in [2.75, 3.05) is 19.6 Å². The second kappa shape index (κ2) is 12.1. The maximum Gasteiger partial charge on any atom is 0.408 e. The minimum Gasteiger partial charge on any atom is -0.481 e. The van der Waals surface area contributed by atoms with Crippen molar-refractivity contribution in [1.29, 1.82) is 0 Å². The Morgan fingerprint density at radius 1 is 0.974 bits per heavy atom. The van der Waals surface area contributed by atoms with E-state index in [4.69, 9.17) is 27.0 Å². The Morgan fingerprint density at radius 3 is 1.71 bits per heavy atom. The molecule has 0 aromatic carbocycles. The van der Waals surface area contributed by atoms with E-state index in [1.165, 1.54) is 0 Å². The summed E-state index contributed by atoms with van der Waals surface area (Å²) < 4.78 is 5.23. The van der Waals surface area contributed by atoms with Gasteiger partial charge in [0.05, 0.1) is 22.8 Å². The maximum absolute atomic E-state index is 11.8. The molecule has 4 rings (SSSR count). The molecular formula is C24H46Cl2N6O6. The van der Waals surface area contributed by atoms with Crippen molar-refractivity contribution in [2.24, 2.45) is 28.0 Å². The van der Waals surface area contributed by atoms with Gasteiger partial charge in [0.1, 0.15) is 5.60 Å². The van der Waals surface area contributed by atoms with Gasteiger partial charge in [-0.1, -0.05) is 0 Å². The van der Waals surface area contributed by atoms with Crippen LogP contribution >= 0.6 is 24.8 Å². The zero-order valence-electron chi connectivity index (χ0n) is 23.2. The number of ether oxygens (including phenoxy) is 1. The molecule has 2 saturated carbocycles. The molecule has 10 N–H and O–H groups in total. The largest absolute Gasteiger partial charge is 0.481 e. The minimum absolute atomic E-state index is 0. The van der Waals surface area contributed by atoms with Crippen LogP contribution in [0.1, 0.15) is 73.6 Å². The molecule has 14 heteroatoms. The molecule has 3 amide bonds. The first kappa shape index (κ1) is 36.1. The molecule has 3 atom stereocenters. The van der Waals surface area contributed by atoms with Crippen LogP contribution in [0.3, 0.4) is 0 Å². The molecule has 2 spiro atoms. The van der Waals surface area contributed by atoms with Gasteiger partial charge in [-0.05, 0) is 67.2 Å². The molecule has 3 unspecified atom stereocenters. The summed E-state index contributed by atoms with van der Waals surface area (Å²) in [6.45, 7) is 12.2. The van der Waals surface area contributed by atoms with E-state index in [9.17, 15) is 19.2 Å². The summed E-state index contributed by atoms with van der Waals surface area (Å²) in [5.41, 5.74) is 13.8. The van der Waals surface area contributed by atoms with Crippen LogP contribution in [0.4, 0.5) is 4.79 Å². The van der Waals surface area contributed by atoms with Gasteiger partial charge in [-0.2, -0.15) is 0 Å². The van der Waals surface area contributed by atoms with Gasteiger partial charge in [-0.25, -0.2) is 4.79 Å². The van der Waals surface area contributed by atoms with Gasteiger partial charge < -0.3 is 43.0 Å². The van der Waals surface area contributed by atoms with Crippen LogP contribution < -0.4 is 33.2 Å². The topological polar surface area (TPSA) is 212 Å². The summed E-state index contributed by atoms with van der Waals surface area (Å²) >= 11 is 0. The Bertz CT molecular complexity index is 899. The van der Waals surface area contributed by atoms with Gasteiger partial charge in [0, 0.05) is 30.7 Å². The van der Waals surface area contributed by atoms with Crippen LogP contribution in [0, 0.1) is 10.8 Å². The highest BCUT2D eigenvalue weighted by Crippen LogP contribution is 2.57. The average molecular weight is 586 g/mol. The summed E-state index contributed by atoms with van der Waals surface area (Å²) in [5.74, 6) is -0.695.